The molecule has 0 aromatic heterocycles. The highest BCUT2D eigenvalue weighted by Gasteiger charge is 2.29. The molecule has 0 fully saturated rings. The minimum atomic E-state index is -0.695. The van der Waals surface area contributed by atoms with Gasteiger partial charge in [0.15, 0.2) is 11.5 Å². The van der Waals surface area contributed by atoms with E-state index < -0.39 is 6.04 Å². The molecule has 0 unspecified atom stereocenters. The summed E-state index contributed by atoms with van der Waals surface area (Å²) < 4.78 is 11.3. The number of nitrogens with zero attached hydrogens (tertiary/aromatic N) is 1. The Morgan fingerprint density at radius 3 is 2.33 bits per heavy atom. The summed E-state index contributed by atoms with van der Waals surface area (Å²) in [7, 11) is 1.58. The van der Waals surface area contributed by atoms with Gasteiger partial charge >= 0.3 is 0 Å². The Labute approximate surface area is 221 Å². The minimum Gasteiger partial charge on any atom is -0.486 e. The number of likely N-dealkylation sites (N-methyl/N-ethyl adjacent to an activating group) is 1. The van der Waals surface area contributed by atoms with E-state index >= 15 is 0 Å². The van der Waals surface area contributed by atoms with Gasteiger partial charge < -0.3 is 19.7 Å². The summed E-state index contributed by atoms with van der Waals surface area (Å²) in [6.45, 7) is 1.25. The van der Waals surface area contributed by atoms with Gasteiger partial charge in [0, 0.05) is 26.4 Å². The van der Waals surface area contributed by atoms with Crippen LogP contribution in [0, 0.1) is 0 Å². The summed E-state index contributed by atoms with van der Waals surface area (Å²) in [4.78, 5) is 28.3. The maximum absolute atomic E-state index is 13.6. The van der Waals surface area contributed by atoms with Crippen molar-refractivity contribution >= 4 is 35.0 Å². The Morgan fingerprint density at radius 1 is 0.889 bits per heavy atom. The van der Waals surface area contributed by atoms with Gasteiger partial charge in [0.1, 0.15) is 19.3 Å². The van der Waals surface area contributed by atoms with E-state index in [1.54, 1.807) is 24.1 Å². The second-order valence-electron chi connectivity index (χ2n) is 8.57. The van der Waals surface area contributed by atoms with Crippen LogP contribution in [0.15, 0.2) is 66.7 Å². The molecular weight excluding hydrogens is 499 g/mol. The van der Waals surface area contributed by atoms with E-state index in [0.29, 0.717) is 47.6 Å². The smallest absolute Gasteiger partial charge is 0.242 e. The molecule has 2 amide bonds. The predicted octanol–water partition coefficient (Wildman–Crippen LogP) is 5.08. The largest absolute Gasteiger partial charge is 0.486 e. The number of nitrogens with one attached hydrogen (secondary N) is 1. The number of ether oxygens (including phenoxy) is 2. The number of fused-ring (bicyclic) bond motifs is 1. The van der Waals surface area contributed by atoms with Crippen LogP contribution < -0.4 is 14.8 Å². The molecule has 3 aromatic carbocycles. The van der Waals surface area contributed by atoms with Gasteiger partial charge in [-0.15, -0.1) is 0 Å². The topological polar surface area (TPSA) is 67.9 Å². The molecule has 3 aromatic rings. The van der Waals surface area contributed by atoms with Crippen LogP contribution in [-0.4, -0.2) is 43.0 Å². The van der Waals surface area contributed by atoms with Crippen molar-refractivity contribution < 1.29 is 19.1 Å². The number of halogens is 2. The molecule has 6 nitrogen and oxygen atoms in total. The van der Waals surface area contributed by atoms with Crippen molar-refractivity contribution in [3.63, 3.8) is 0 Å². The number of hydrogen-bond donors (Lipinski definition) is 1. The van der Waals surface area contributed by atoms with Crippen molar-refractivity contribution in [3.8, 4) is 11.5 Å². The molecule has 0 saturated carbocycles. The zero-order valence-electron chi connectivity index (χ0n) is 20.0. The van der Waals surface area contributed by atoms with E-state index in [-0.39, 0.29) is 24.8 Å². The molecule has 0 saturated heterocycles. The highest BCUT2D eigenvalue weighted by molar-refractivity contribution is 6.42. The zero-order valence-corrected chi connectivity index (χ0v) is 21.5. The van der Waals surface area contributed by atoms with Crippen LogP contribution in [0.5, 0.6) is 11.5 Å². The number of hydrogen-bond acceptors (Lipinski definition) is 4. The van der Waals surface area contributed by atoms with E-state index in [0.717, 1.165) is 16.7 Å². The fraction of sp³-hybridized carbons (Fsp3) is 0.286. The second kappa shape index (κ2) is 12.2. The quantitative estimate of drug-likeness (QED) is 0.422. The Morgan fingerprint density at radius 2 is 1.61 bits per heavy atom. The number of rotatable bonds is 9. The van der Waals surface area contributed by atoms with E-state index in [1.807, 2.05) is 54.6 Å². The SMILES string of the molecule is CNC(=O)[C@@H](Cc1ccccc1)N(Cc1ccc(Cl)c(Cl)c1)C(=O)CCc1ccc2c(c1)OCCO2. The molecule has 0 aliphatic carbocycles. The molecule has 8 heteroatoms. The first-order valence-corrected chi connectivity index (χ1v) is 12.6. The van der Waals surface area contributed by atoms with Crippen LogP contribution in [0.25, 0.3) is 0 Å². The lowest BCUT2D eigenvalue weighted by Gasteiger charge is -2.31. The van der Waals surface area contributed by atoms with E-state index in [9.17, 15) is 9.59 Å². The lowest BCUT2D eigenvalue weighted by Crippen LogP contribution is -2.49. The third kappa shape index (κ3) is 6.50. The van der Waals surface area contributed by atoms with Crippen LogP contribution in [0.3, 0.4) is 0 Å². The molecule has 1 aliphatic heterocycles. The van der Waals surface area contributed by atoms with Crippen molar-refractivity contribution in [2.75, 3.05) is 20.3 Å². The third-order valence-electron chi connectivity index (χ3n) is 6.09. The molecular formula is C28H28Cl2N2O4. The molecule has 1 atom stereocenters. The van der Waals surface area contributed by atoms with Gasteiger partial charge in [0.25, 0.3) is 0 Å². The van der Waals surface area contributed by atoms with Crippen LogP contribution in [-0.2, 0) is 29.0 Å². The van der Waals surface area contributed by atoms with Crippen molar-refractivity contribution in [1.82, 2.24) is 10.2 Å². The van der Waals surface area contributed by atoms with E-state index in [2.05, 4.69) is 5.32 Å². The van der Waals surface area contributed by atoms with Crippen molar-refractivity contribution in [1.29, 1.82) is 0 Å². The Balaban J connectivity index is 1.58. The van der Waals surface area contributed by atoms with Crippen LogP contribution in [0.4, 0.5) is 0 Å². The van der Waals surface area contributed by atoms with Crippen molar-refractivity contribution in [2.45, 2.75) is 31.8 Å². The van der Waals surface area contributed by atoms with Gasteiger partial charge in [-0.2, -0.15) is 0 Å². The van der Waals surface area contributed by atoms with Crippen molar-refractivity contribution in [3.05, 3.63) is 93.5 Å². The molecule has 0 bridgehead atoms. The third-order valence-corrected chi connectivity index (χ3v) is 6.83. The molecule has 188 valence electrons. The normalized spacial score (nSPS) is 13.1. The second-order valence-corrected chi connectivity index (χ2v) is 9.38. The van der Waals surface area contributed by atoms with E-state index in [1.165, 1.54) is 0 Å². The maximum atomic E-state index is 13.6. The standard InChI is InChI=1S/C28H28Cl2N2O4/c1-31-28(34)24(16-19-5-3-2-4-6-19)32(18-21-7-10-22(29)23(30)15-21)27(33)12-9-20-8-11-25-26(17-20)36-14-13-35-25/h2-8,10-11,15,17,24H,9,12-14,16,18H2,1H3,(H,31,34)/t24-/m1/s1. The van der Waals surface area contributed by atoms with E-state index in [4.69, 9.17) is 32.7 Å². The molecule has 0 spiro atoms. The first kappa shape index (κ1) is 25.9. The maximum Gasteiger partial charge on any atom is 0.242 e. The fourth-order valence-corrected chi connectivity index (χ4v) is 4.51. The fourth-order valence-electron chi connectivity index (χ4n) is 4.19. The van der Waals surface area contributed by atoms with Crippen molar-refractivity contribution in [2.24, 2.45) is 0 Å². The Kier molecular flexibility index (Phi) is 8.73. The van der Waals surface area contributed by atoms with Crippen LogP contribution in [0.1, 0.15) is 23.1 Å². The Bertz CT molecular complexity index is 1220. The minimum absolute atomic E-state index is 0.138. The Hall–Kier alpha value is -3.22. The number of carbonyl (C=O) groups excluding carboxylic acids is 2. The first-order chi connectivity index (χ1) is 17.4. The predicted molar refractivity (Wildman–Crippen MR) is 141 cm³/mol. The van der Waals surface area contributed by atoms with Crippen LogP contribution >= 0.6 is 23.2 Å². The van der Waals surface area contributed by atoms with Gasteiger partial charge in [-0.1, -0.05) is 65.7 Å². The lowest BCUT2D eigenvalue weighted by molar-refractivity contribution is -0.141. The summed E-state index contributed by atoms with van der Waals surface area (Å²) >= 11 is 12.3. The molecule has 4 rings (SSSR count). The summed E-state index contributed by atoms with van der Waals surface area (Å²) in [6.07, 6.45) is 1.11. The molecule has 1 aliphatic rings. The number of carbonyl (C=O) groups is 2. The average molecular weight is 527 g/mol. The zero-order chi connectivity index (χ0) is 25.5. The summed E-state index contributed by atoms with van der Waals surface area (Å²) in [5.74, 6) is 1.03. The number of aryl methyl sites for hydroxylation is 1. The monoisotopic (exact) mass is 526 g/mol. The highest BCUT2D eigenvalue weighted by atomic mass is 35.5. The summed E-state index contributed by atoms with van der Waals surface area (Å²) in [6, 6.07) is 19.9. The van der Waals surface area contributed by atoms with Gasteiger partial charge in [0.2, 0.25) is 11.8 Å². The molecule has 36 heavy (non-hydrogen) atoms. The summed E-state index contributed by atoms with van der Waals surface area (Å²) in [5.41, 5.74) is 2.71. The molecule has 0 radical (unpaired) electrons. The van der Waals surface area contributed by atoms with Gasteiger partial charge in [-0.3, -0.25) is 9.59 Å². The number of amides is 2. The number of benzene rings is 3. The lowest BCUT2D eigenvalue weighted by atomic mass is 10.0. The van der Waals surface area contributed by atoms with Gasteiger partial charge in [-0.05, 0) is 47.4 Å². The first-order valence-electron chi connectivity index (χ1n) is 11.8. The average Bonchev–Trinajstić information content (AvgIpc) is 2.91. The van der Waals surface area contributed by atoms with Gasteiger partial charge in [0.05, 0.1) is 10.0 Å². The van der Waals surface area contributed by atoms with Crippen LogP contribution in [0.2, 0.25) is 10.0 Å². The molecule has 1 heterocycles. The summed E-state index contributed by atoms with van der Waals surface area (Å²) in [5, 5.41) is 3.56. The molecule has 1 N–H and O–H groups in total. The highest BCUT2D eigenvalue weighted by Crippen LogP contribution is 2.31. The van der Waals surface area contributed by atoms with Gasteiger partial charge in [-0.25, -0.2) is 0 Å².